The summed E-state index contributed by atoms with van der Waals surface area (Å²) in [5, 5.41) is 9.36. The Bertz CT molecular complexity index is 393. The molecule has 0 saturated carbocycles. The van der Waals surface area contributed by atoms with E-state index in [0.717, 1.165) is 12.8 Å². The third-order valence-electron chi connectivity index (χ3n) is 2.11. The van der Waals surface area contributed by atoms with Crippen LogP contribution in [0.5, 0.6) is 5.75 Å². The van der Waals surface area contributed by atoms with Crippen molar-refractivity contribution in [2.75, 3.05) is 0 Å². The zero-order valence-corrected chi connectivity index (χ0v) is 7.56. The van der Waals surface area contributed by atoms with Gasteiger partial charge in [-0.05, 0) is 24.6 Å². The number of carbonyl (C=O) groups excluding carboxylic acids is 1. The summed E-state index contributed by atoms with van der Waals surface area (Å²) in [5.74, 6) is 0.157. The van der Waals surface area contributed by atoms with Gasteiger partial charge in [0.25, 0.3) is 0 Å². The number of rotatable bonds is 2. The molecule has 0 bridgehead atoms. The molecule has 0 aromatic heterocycles. The van der Waals surface area contributed by atoms with Crippen LogP contribution in [0.4, 0.5) is 0 Å². The number of hydrogen-bond donors (Lipinski definition) is 1. The van der Waals surface area contributed by atoms with Crippen molar-refractivity contribution in [2.45, 2.75) is 12.8 Å². The highest BCUT2D eigenvalue weighted by molar-refractivity contribution is 5.92. The van der Waals surface area contributed by atoms with Gasteiger partial charge in [-0.25, -0.2) is 4.79 Å². The molecular formula is C11H10O3. The Morgan fingerprint density at radius 3 is 2.64 bits per heavy atom. The van der Waals surface area contributed by atoms with Crippen molar-refractivity contribution in [3.63, 3.8) is 0 Å². The molecule has 1 aliphatic rings. The maximum Gasteiger partial charge on any atom is 0.346 e. The minimum absolute atomic E-state index is 0.0441. The van der Waals surface area contributed by atoms with Crippen LogP contribution in [0, 0.1) is 0 Å². The maximum atomic E-state index is 11.4. The normalized spacial score (nSPS) is 14.1. The Balaban J connectivity index is 2.14. The topological polar surface area (TPSA) is 46.5 Å². The highest BCUT2D eigenvalue weighted by atomic mass is 16.5. The lowest BCUT2D eigenvalue weighted by Gasteiger charge is -2.14. The smallest absolute Gasteiger partial charge is 0.346 e. The number of benzene rings is 1. The number of allylic oxidation sites excluding steroid dienone is 2. The van der Waals surface area contributed by atoms with Crippen LogP contribution in [-0.4, -0.2) is 11.1 Å². The van der Waals surface area contributed by atoms with Gasteiger partial charge in [-0.1, -0.05) is 12.1 Å². The monoisotopic (exact) mass is 190 g/mol. The molecule has 0 unspecified atom stereocenters. The highest BCUT2D eigenvalue weighted by Gasteiger charge is 2.16. The number of carbonyl (C=O) groups is 1. The number of ether oxygens (including phenoxy) is 1. The molecule has 0 radical (unpaired) electrons. The van der Waals surface area contributed by atoms with Gasteiger partial charge >= 0.3 is 5.97 Å². The lowest BCUT2D eigenvalue weighted by molar-refractivity contribution is 0.0597. The first kappa shape index (κ1) is 8.81. The summed E-state index contributed by atoms with van der Waals surface area (Å²) in [6, 6.07) is 6.35. The Morgan fingerprint density at radius 2 is 2.07 bits per heavy atom. The van der Waals surface area contributed by atoms with Crippen LogP contribution < -0.4 is 0 Å². The molecular weight excluding hydrogens is 180 g/mol. The molecule has 3 nitrogen and oxygen atoms in total. The van der Waals surface area contributed by atoms with Crippen LogP contribution >= 0.6 is 0 Å². The summed E-state index contributed by atoms with van der Waals surface area (Å²) in [5.41, 5.74) is 0.209. The van der Waals surface area contributed by atoms with E-state index in [1.165, 1.54) is 12.1 Å². The van der Waals surface area contributed by atoms with E-state index in [2.05, 4.69) is 0 Å². The molecule has 0 amide bonds. The largest absolute Gasteiger partial charge is 0.507 e. The first-order chi connectivity index (χ1) is 6.77. The molecule has 72 valence electrons. The highest BCUT2D eigenvalue weighted by Crippen LogP contribution is 2.23. The fourth-order valence-corrected chi connectivity index (χ4v) is 1.18. The molecule has 0 fully saturated rings. The molecule has 0 atom stereocenters. The number of phenolic OH excluding ortho intramolecular Hbond substituents is 1. The van der Waals surface area contributed by atoms with E-state index in [0.29, 0.717) is 5.76 Å². The number of para-hydroxylation sites is 1. The van der Waals surface area contributed by atoms with Gasteiger partial charge in [0.15, 0.2) is 0 Å². The second kappa shape index (κ2) is 3.54. The Kier molecular flexibility index (Phi) is 2.23. The predicted molar refractivity (Wildman–Crippen MR) is 50.8 cm³/mol. The minimum atomic E-state index is -0.492. The average molecular weight is 190 g/mol. The summed E-state index contributed by atoms with van der Waals surface area (Å²) >= 11 is 0. The third-order valence-corrected chi connectivity index (χ3v) is 2.11. The van der Waals surface area contributed by atoms with Gasteiger partial charge in [0.1, 0.15) is 17.1 Å². The maximum absolute atomic E-state index is 11.4. The summed E-state index contributed by atoms with van der Waals surface area (Å²) in [4.78, 5) is 11.4. The number of esters is 1. The fraction of sp³-hybridized carbons (Fsp3) is 0.182. The van der Waals surface area contributed by atoms with Gasteiger partial charge in [-0.2, -0.15) is 0 Å². The number of phenols is 1. The van der Waals surface area contributed by atoms with Crippen molar-refractivity contribution in [1.82, 2.24) is 0 Å². The van der Waals surface area contributed by atoms with Crippen LogP contribution in [0.15, 0.2) is 36.1 Å². The van der Waals surface area contributed by atoms with E-state index in [9.17, 15) is 9.90 Å². The molecule has 1 N–H and O–H groups in total. The van der Waals surface area contributed by atoms with Gasteiger partial charge in [-0.15, -0.1) is 0 Å². The molecule has 2 rings (SSSR count). The van der Waals surface area contributed by atoms with Crippen molar-refractivity contribution in [3.05, 3.63) is 41.7 Å². The third kappa shape index (κ3) is 1.62. The van der Waals surface area contributed by atoms with Gasteiger partial charge < -0.3 is 9.84 Å². The Hall–Kier alpha value is -1.77. The van der Waals surface area contributed by atoms with Gasteiger partial charge in [-0.3, -0.25) is 0 Å². The van der Waals surface area contributed by atoms with E-state index in [4.69, 9.17) is 4.74 Å². The van der Waals surface area contributed by atoms with Crippen molar-refractivity contribution in [2.24, 2.45) is 0 Å². The van der Waals surface area contributed by atoms with E-state index in [-0.39, 0.29) is 11.3 Å². The zero-order valence-electron chi connectivity index (χ0n) is 7.56. The summed E-state index contributed by atoms with van der Waals surface area (Å²) < 4.78 is 5.02. The summed E-state index contributed by atoms with van der Waals surface area (Å²) in [6.45, 7) is 0. The zero-order chi connectivity index (χ0) is 9.97. The van der Waals surface area contributed by atoms with Crippen LogP contribution in [-0.2, 0) is 4.74 Å². The molecule has 1 aliphatic carbocycles. The molecule has 0 heterocycles. The van der Waals surface area contributed by atoms with Gasteiger partial charge in [0.05, 0.1) is 0 Å². The standard InChI is InChI=1S/C11H10O3/c12-10-7-2-1-6-9(10)11(13)14-8-4-3-5-8/h1-2,4,6-7,12H,3,5H2. The first-order valence-electron chi connectivity index (χ1n) is 4.46. The summed E-state index contributed by atoms with van der Waals surface area (Å²) in [6.07, 6.45) is 3.63. The first-order valence-corrected chi connectivity index (χ1v) is 4.46. The fourth-order valence-electron chi connectivity index (χ4n) is 1.18. The van der Waals surface area contributed by atoms with E-state index in [1.54, 1.807) is 12.1 Å². The van der Waals surface area contributed by atoms with E-state index in [1.807, 2.05) is 6.08 Å². The van der Waals surface area contributed by atoms with Crippen LogP contribution in [0.3, 0.4) is 0 Å². The number of aromatic hydroxyl groups is 1. The van der Waals surface area contributed by atoms with E-state index >= 15 is 0 Å². The van der Waals surface area contributed by atoms with Gasteiger partial charge in [0, 0.05) is 6.42 Å². The molecule has 3 heteroatoms. The quantitative estimate of drug-likeness (QED) is 0.727. The van der Waals surface area contributed by atoms with Crippen molar-refractivity contribution in [1.29, 1.82) is 0 Å². The predicted octanol–water partition coefficient (Wildman–Crippen LogP) is 2.23. The lowest BCUT2D eigenvalue weighted by Crippen LogP contribution is -2.08. The number of hydrogen-bond acceptors (Lipinski definition) is 3. The van der Waals surface area contributed by atoms with Crippen molar-refractivity contribution in [3.8, 4) is 5.75 Å². The van der Waals surface area contributed by atoms with Crippen molar-refractivity contribution >= 4 is 5.97 Å². The van der Waals surface area contributed by atoms with E-state index < -0.39 is 5.97 Å². The minimum Gasteiger partial charge on any atom is -0.507 e. The van der Waals surface area contributed by atoms with Crippen molar-refractivity contribution < 1.29 is 14.6 Å². The molecule has 1 aromatic carbocycles. The van der Waals surface area contributed by atoms with Crippen LogP contribution in [0.25, 0.3) is 0 Å². The average Bonchev–Trinajstić information content (AvgIpc) is 2.12. The van der Waals surface area contributed by atoms with Crippen LogP contribution in [0.2, 0.25) is 0 Å². The van der Waals surface area contributed by atoms with Gasteiger partial charge in [0.2, 0.25) is 0 Å². The Labute approximate surface area is 81.6 Å². The molecule has 1 aromatic rings. The second-order valence-electron chi connectivity index (χ2n) is 3.12. The van der Waals surface area contributed by atoms with Crippen LogP contribution in [0.1, 0.15) is 23.2 Å². The molecule has 14 heavy (non-hydrogen) atoms. The molecule has 0 saturated heterocycles. The second-order valence-corrected chi connectivity index (χ2v) is 3.12. The molecule has 0 aliphatic heterocycles. The SMILES string of the molecule is O=C(OC1=CCC1)c1ccccc1O. The molecule has 0 spiro atoms. The lowest BCUT2D eigenvalue weighted by atomic mass is 10.1. The Morgan fingerprint density at radius 1 is 1.36 bits per heavy atom. The summed E-state index contributed by atoms with van der Waals surface area (Å²) in [7, 11) is 0.